The maximum absolute atomic E-state index is 12.5. The topological polar surface area (TPSA) is 118 Å². The minimum atomic E-state index is -0.681. The van der Waals surface area contributed by atoms with Crippen LogP contribution in [0.3, 0.4) is 0 Å². The van der Waals surface area contributed by atoms with Crippen LogP contribution in [0, 0.1) is 10.1 Å². The lowest BCUT2D eigenvalue weighted by atomic mass is 10.0. The summed E-state index contributed by atoms with van der Waals surface area (Å²) in [6, 6.07) is 14.3. The minimum absolute atomic E-state index is 0.0404. The number of nitrogens with one attached hydrogen (secondary N) is 1. The molecule has 7 heteroatoms. The second kappa shape index (κ2) is 5.88. The van der Waals surface area contributed by atoms with E-state index in [2.05, 4.69) is 5.32 Å². The molecule has 0 spiro atoms. The number of fused-ring (bicyclic) bond motifs is 1. The smallest absolute Gasteiger partial charge is 0.292 e. The number of aromatic hydroxyl groups is 1. The number of phenols is 1. The number of hydrogen-bond donors (Lipinski definition) is 3. The van der Waals surface area contributed by atoms with Crippen LogP contribution in [0.1, 0.15) is 10.4 Å². The Hall–Kier alpha value is -3.61. The van der Waals surface area contributed by atoms with E-state index in [4.69, 9.17) is 5.73 Å². The van der Waals surface area contributed by atoms with Gasteiger partial charge in [0.1, 0.15) is 5.69 Å². The predicted molar refractivity (Wildman–Crippen MR) is 91.1 cm³/mol. The van der Waals surface area contributed by atoms with Crippen LogP contribution in [0.5, 0.6) is 5.75 Å². The van der Waals surface area contributed by atoms with Crippen LogP contribution in [0.2, 0.25) is 0 Å². The van der Waals surface area contributed by atoms with E-state index in [9.17, 15) is 20.0 Å². The summed E-state index contributed by atoms with van der Waals surface area (Å²) in [5.41, 5.74) is 5.73. The number of nitrogens with two attached hydrogens (primary N) is 1. The number of carbonyl (C=O) groups is 1. The van der Waals surface area contributed by atoms with Gasteiger partial charge in [0.2, 0.25) is 0 Å². The molecule has 0 radical (unpaired) electrons. The molecule has 0 aliphatic rings. The fourth-order valence-corrected chi connectivity index (χ4v) is 2.47. The van der Waals surface area contributed by atoms with E-state index in [0.717, 1.165) is 0 Å². The van der Waals surface area contributed by atoms with Crippen LogP contribution in [-0.2, 0) is 0 Å². The van der Waals surface area contributed by atoms with Crippen molar-refractivity contribution in [1.82, 2.24) is 0 Å². The molecule has 3 aromatic rings. The third-order valence-electron chi connectivity index (χ3n) is 3.65. The quantitative estimate of drug-likeness (QED) is 0.296. The Kier molecular flexibility index (Phi) is 3.75. The van der Waals surface area contributed by atoms with Crippen LogP contribution in [0.4, 0.5) is 17.1 Å². The molecule has 3 aromatic carbocycles. The first-order chi connectivity index (χ1) is 11.5. The van der Waals surface area contributed by atoms with Gasteiger partial charge >= 0.3 is 0 Å². The Morgan fingerprint density at radius 1 is 1.12 bits per heavy atom. The lowest BCUT2D eigenvalue weighted by Crippen LogP contribution is -2.14. The maximum Gasteiger partial charge on any atom is 0.292 e. The molecule has 0 saturated heterocycles. The number of nitro groups is 1. The number of carbonyl (C=O) groups excluding carboxylic acids is 1. The van der Waals surface area contributed by atoms with Gasteiger partial charge in [0, 0.05) is 11.5 Å². The highest BCUT2D eigenvalue weighted by Crippen LogP contribution is 2.34. The van der Waals surface area contributed by atoms with E-state index in [1.165, 1.54) is 24.3 Å². The molecule has 0 unspecified atom stereocenters. The molecule has 0 atom stereocenters. The summed E-state index contributed by atoms with van der Waals surface area (Å²) in [7, 11) is 0. The number of amides is 1. The van der Waals surface area contributed by atoms with Crippen molar-refractivity contribution in [3.8, 4) is 5.75 Å². The Labute approximate surface area is 136 Å². The lowest BCUT2D eigenvalue weighted by molar-refractivity contribution is -0.383. The largest absolute Gasteiger partial charge is 0.505 e. The van der Waals surface area contributed by atoms with Crippen molar-refractivity contribution in [2.24, 2.45) is 0 Å². The van der Waals surface area contributed by atoms with Gasteiger partial charge in [-0.2, -0.15) is 0 Å². The SMILES string of the molecule is Nc1c(O)c(C(=O)Nc2ccccc2[N+](=O)[O-])cc2ccccc12. The Bertz CT molecular complexity index is 969. The van der Waals surface area contributed by atoms with E-state index in [1.54, 1.807) is 30.3 Å². The van der Waals surface area contributed by atoms with Gasteiger partial charge in [-0.1, -0.05) is 36.4 Å². The molecule has 0 saturated carbocycles. The average molecular weight is 323 g/mol. The fraction of sp³-hybridized carbons (Fsp3) is 0. The lowest BCUT2D eigenvalue weighted by Gasteiger charge is -2.11. The molecule has 0 fully saturated rings. The number of hydrogen-bond acceptors (Lipinski definition) is 5. The summed E-state index contributed by atoms with van der Waals surface area (Å²) < 4.78 is 0. The van der Waals surface area contributed by atoms with Crippen molar-refractivity contribution >= 4 is 33.7 Å². The Balaban J connectivity index is 2.04. The third-order valence-corrected chi connectivity index (χ3v) is 3.65. The highest BCUT2D eigenvalue weighted by Gasteiger charge is 2.20. The van der Waals surface area contributed by atoms with Gasteiger partial charge in [-0.25, -0.2) is 0 Å². The van der Waals surface area contributed by atoms with Crippen molar-refractivity contribution in [2.45, 2.75) is 0 Å². The van der Waals surface area contributed by atoms with E-state index >= 15 is 0 Å². The fourth-order valence-electron chi connectivity index (χ4n) is 2.47. The highest BCUT2D eigenvalue weighted by atomic mass is 16.6. The second-order valence-corrected chi connectivity index (χ2v) is 5.14. The van der Waals surface area contributed by atoms with Gasteiger partial charge in [0.05, 0.1) is 16.2 Å². The van der Waals surface area contributed by atoms with Gasteiger partial charge in [-0.3, -0.25) is 14.9 Å². The molecule has 0 aliphatic heterocycles. The van der Waals surface area contributed by atoms with Crippen molar-refractivity contribution in [3.63, 3.8) is 0 Å². The summed E-state index contributed by atoms with van der Waals surface area (Å²) in [5.74, 6) is -1.04. The monoisotopic (exact) mass is 323 g/mol. The second-order valence-electron chi connectivity index (χ2n) is 5.14. The number of para-hydroxylation sites is 2. The van der Waals surface area contributed by atoms with E-state index in [1.807, 2.05) is 0 Å². The van der Waals surface area contributed by atoms with Crippen LogP contribution in [0.15, 0.2) is 54.6 Å². The summed E-state index contributed by atoms with van der Waals surface area (Å²) in [4.78, 5) is 22.9. The molecule has 3 rings (SSSR count). The van der Waals surface area contributed by atoms with Crippen molar-refractivity contribution in [1.29, 1.82) is 0 Å². The molecule has 24 heavy (non-hydrogen) atoms. The van der Waals surface area contributed by atoms with Gasteiger partial charge < -0.3 is 16.2 Å². The molecular weight excluding hydrogens is 310 g/mol. The number of phenolic OH excluding ortho intramolecular Hbond substituents is 1. The van der Waals surface area contributed by atoms with Crippen molar-refractivity contribution < 1.29 is 14.8 Å². The zero-order chi connectivity index (χ0) is 17.3. The summed E-state index contributed by atoms with van der Waals surface area (Å²) in [6.45, 7) is 0. The van der Waals surface area contributed by atoms with Gasteiger partial charge in [-0.05, 0) is 17.5 Å². The zero-order valence-corrected chi connectivity index (χ0v) is 12.4. The van der Waals surface area contributed by atoms with E-state index in [-0.39, 0.29) is 28.4 Å². The molecule has 0 aliphatic carbocycles. The van der Waals surface area contributed by atoms with Gasteiger partial charge in [0.15, 0.2) is 5.75 Å². The standard InChI is InChI=1S/C17H13N3O4/c18-15-11-6-2-1-5-10(11)9-12(16(15)21)17(22)19-13-7-3-4-8-14(13)20(23)24/h1-9,21H,18H2,(H,19,22). The van der Waals surface area contributed by atoms with Crippen molar-refractivity contribution in [2.75, 3.05) is 11.1 Å². The number of nitrogens with zero attached hydrogens (tertiary/aromatic N) is 1. The normalized spacial score (nSPS) is 10.5. The molecule has 0 bridgehead atoms. The zero-order valence-electron chi connectivity index (χ0n) is 12.4. The van der Waals surface area contributed by atoms with E-state index in [0.29, 0.717) is 10.8 Å². The first kappa shape index (κ1) is 15.3. The predicted octanol–water partition coefficient (Wildman–Crippen LogP) is 3.29. The molecule has 120 valence electrons. The Morgan fingerprint density at radius 2 is 1.79 bits per heavy atom. The number of nitrogen functional groups attached to an aromatic ring is 1. The van der Waals surface area contributed by atoms with Crippen LogP contribution >= 0.6 is 0 Å². The molecule has 0 heterocycles. The van der Waals surface area contributed by atoms with Crippen molar-refractivity contribution in [3.05, 3.63) is 70.3 Å². The highest BCUT2D eigenvalue weighted by molar-refractivity contribution is 6.12. The first-order valence-corrected chi connectivity index (χ1v) is 7.04. The van der Waals surface area contributed by atoms with Crippen LogP contribution in [-0.4, -0.2) is 15.9 Å². The van der Waals surface area contributed by atoms with Gasteiger partial charge in [0.25, 0.3) is 11.6 Å². The number of anilines is 2. The molecule has 1 amide bonds. The number of benzene rings is 3. The van der Waals surface area contributed by atoms with Crippen LogP contribution < -0.4 is 11.1 Å². The molecule has 7 nitrogen and oxygen atoms in total. The molecular formula is C17H13N3O4. The number of nitro benzene ring substituents is 1. The third kappa shape index (κ3) is 2.58. The molecule has 4 N–H and O–H groups in total. The molecule has 0 aromatic heterocycles. The van der Waals surface area contributed by atoms with Gasteiger partial charge in [-0.15, -0.1) is 0 Å². The Morgan fingerprint density at radius 3 is 2.54 bits per heavy atom. The maximum atomic E-state index is 12.5. The summed E-state index contributed by atoms with van der Waals surface area (Å²) in [5, 5.41) is 25.0. The number of rotatable bonds is 3. The average Bonchev–Trinajstić information content (AvgIpc) is 2.58. The van der Waals surface area contributed by atoms with Crippen LogP contribution in [0.25, 0.3) is 10.8 Å². The summed E-state index contributed by atoms with van der Waals surface area (Å²) >= 11 is 0. The van der Waals surface area contributed by atoms with E-state index < -0.39 is 10.8 Å². The first-order valence-electron chi connectivity index (χ1n) is 7.04. The minimum Gasteiger partial charge on any atom is -0.505 e. The summed E-state index contributed by atoms with van der Waals surface area (Å²) in [6.07, 6.45) is 0.